The molecule has 2 heterocycles. The number of H-pyrrole nitrogens is 1. The van der Waals surface area contributed by atoms with Crippen LogP contribution in [0, 0.1) is 0 Å². The lowest BCUT2D eigenvalue weighted by Crippen LogP contribution is -2.33. The van der Waals surface area contributed by atoms with Gasteiger partial charge in [-0.05, 0) is 12.1 Å². The van der Waals surface area contributed by atoms with Gasteiger partial charge in [0, 0.05) is 54.3 Å². The number of aromatic nitrogens is 2. The van der Waals surface area contributed by atoms with Crippen LogP contribution in [0.1, 0.15) is 15.9 Å². The van der Waals surface area contributed by atoms with E-state index in [-0.39, 0.29) is 0 Å². The lowest BCUT2D eigenvalue weighted by molar-refractivity contribution is 0.112. The molecule has 1 aliphatic rings. The first-order valence-corrected chi connectivity index (χ1v) is 9.83. The Kier molecular flexibility index (Phi) is 7.49. The monoisotopic (exact) mass is 366 g/mol. The number of aromatic amines is 1. The summed E-state index contributed by atoms with van der Waals surface area (Å²) in [5, 5.41) is 10.8. The molecule has 7 heteroatoms. The predicted molar refractivity (Wildman–Crippen MR) is 105 cm³/mol. The molecule has 3 rings (SSSR count). The minimum atomic E-state index is 0.403. The highest BCUT2D eigenvalue weighted by Gasteiger charge is 2.14. The van der Waals surface area contributed by atoms with Gasteiger partial charge in [-0.3, -0.25) is 14.8 Å². The van der Waals surface area contributed by atoms with Gasteiger partial charge < -0.3 is 5.32 Å². The molecular formula is C17H23ClN4OS. The molecule has 0 spiro atoms. The van der Waals surface area contributed by atoms with Crippen LogP contribution in [0.25, 0.3) is 0 Å². The maximum atomic E-state index is 10.1. The van der Waals surface area contributed by atoms with Crippen molar-refractivity contribution in [1.29, 1.82) is 0 Å². The van der Waals surface area contributed by atoms with Gasteiger partial charge in [-0.2, -0.15) is 15.6 Å². The highest BCUT2D eigenvalue weighted by molar-refractivity contribution is 8.14. The first kappa shape index (κ1) is 18.7. The van der Waals surface area contributed by atoms with E-state index >= 15 is 0 Å². The summed E-state index contributed by atoms with van der Waals surface area (Å²) >= 11 is 5.55. The quantitative estimate of drug-likeness (QED) is 0.644. The number of aldehydes is 1. The fourth-order valence-electron chi connectivity index (χ4n) is 2.32. The average Bonchev–Trinajstić information content (AvgIpc) is 3.05. The van der Waals surface area contributed by atoms with Crippen molar-refractivity contribution in [2.75, 3.05) is 37.0 Å². The van der Waals surface area contributed by atoms with Gasteiger partial charge in [0.1, 0.15) is 12.1 Å². The van der Waals surface area contributed by atoms with E-state index in [1.54, 1.807) is 24.3 Å². The summed E-state index contributed by atoms with van der Waals surface area (Å²) < 4.78 is 0. The van der Waals surface area contributed by atoms with Crippen LogP contribution >= 0.6 is 22.1 Å². The maximum Gasteiger partial charge on any atom is 0.150 e. The van der Waals surface area contributed by atoms with Gasteiger partial charge in [-0.25, -0.2) is 0 Å². The standard InChI is InChI=1S/C10H18N4S.C7H5ClO/c1-11-10-9(7-12-13-10)8-14-3-5-15(2)6-4-14;8-7-3-1-6(5-9)2-4-7/h7H,2-6,8H2,1H3,(H2,11,12,13);1-5H. The molecule has 5 nitrogen and oxygen atoms in total. The van der Waals surface area contributed by atoms with Crippen LogP contribution in [0.2, 0.25) is 5.02 Å². The number of benzene rings is 1. The van der Waals surface area contributed by atoms with Crippen molar-refractivity contribution in [2.24, 2.45) is 0 Å². The van der Waals surface area contributed by atoms with Crippen molar-refractivity contribution in [3.63, 3.8) is 0 Å². The van der Waals surface area contributed by atoms with Gasteiger partial charge in [-0.1, -0.05) is 29.6 Å². The Hall–Kier alpha value is -1.63. The Morgan fingerprint density at radius 3 is 2.62 bits per heavy atom. The normalized spacial score (nSPS) is 15.4. The lowest BCUT2D eigenvalue weighted by Gasteiger charge is -2.28. The zero-order valence-electron chi connectivity index (χ0n) is 13.8. The molecule has 0 aliphatic carbocycles. The molecule has 1 aliphatic heterocycles. The summed E-state index contributed by atoms with van der Waals surface area (Å²) in [6.45, 7) is 3.33. The molecule has 0 bridgehead atoms. The van der Waals surface area contributed by atoms with Crippen molar-refractivity contribution in [2.45, 2.75) is 6.54 Å². The Bertz CT molecular complexity index is 661. The largest absolute Gasteiger partial charge is 0.373 e. The van der Waals surface area contributed by atoms with Crippen LogP contribution in [0.3, 0.4) is 0 Å². The van der Waals surface area contributed by atoms with E-state index in [9.17, 15) is 4.79 Å². The van der Waals surface area contributed by atoms with Crippen LogP contribution < -0.4 is 5.32 Å². The van der Waals surface area contributed by atoms with Crippen LogP contribution in [0.4, 0.5) is 5.82 Å². The molecule has 130 valence electrons. The van der Waals surface area contributed by atoms with Crippen LogP contribution in [-0.4, -0.2) is 58.9 Å². The lowest BCUT2D eigenvalue weighted by atomic mass is 10.2. The summed E-state index contributed by atoms with van der Waals surface area (Å²) in [4.78, 5) is 12.5. The molecule has 0 atom stereocenters. The van der Waals surface area contributed by atoms with E-state index in [1.165, 1.54) is 30.2 Å². The SMILES string of the molecule is C=S1CCN(Cc2cn[nH]c2NC)CC1.O=Cc1ccc(Cl)cc1. The number of rotatable bonds is 4. The van der Waals surface area contributed by atoms with E-state index in [1.807, 2.05) is 13.2 Å². The second-order valence-corrected chi connectivity index (χ2v) is 7.96. The van der Waals surface area contributed by atoms with Gasteiger partial charge >= 0.3 is 0 Å². The Morgan fingerprint density at radius 2 is 2.04 bits per heavy atom. The number of carbonyl (C=O) groups excluding carboxylic acids is 1. The van der Waals surface area contributed by atoms with Crippen molar-refractivity contribution in [3.8, 4) is 0 Å². The van der Waals surface area contributed by atoms with Gasteiger partial charge in [0.05, 0.1) is 6.20 Å². The van der Waals surface area contributed by atoms with Gasteiger partial charge in [0.25, 0.3) is 0 Å². The first-order chi connectivity index (χ1) is 11.6. The third-order valence-electron chi connectivity index (χ3n) is 3.76. The summed E-state index contributed by atoms with van der Waals surface area (Å²) in [5.74, 6) is 7.65. The molecule has 1 fully saturated rings. The molecule has 1 saturated heterocycles. The third-order valence-corrected chi connectivity index (χ3v) is 5.53. The summed E-state index contributed by atoms with van der Waals surface area (Å²) in [6.07, 6.45) is 2.70. The van der Waals surface area contributed by atoms with Crippen molar-refractivity contribution in [3.05, 3.63) is 46.6 Å². The van der Waals surface area contributed by atoms with Gasteiger partial charge in [0.2, 0.25) is 0 Å². The van der Waals surface area contributed by atoms with Gasteiger partial charge in [-0.15, -0.1) is 0 Å². The Labute approximate surface area is 150 Å². The molecule has 0 saturated carbocycles. The van der Waals surface area contributed by atoms with E-state index in [0.29, 0.717) is 21.1 Å². The summed E-state index contributed by atoms with van der Waals surface area (Å²) in [6, 6.07) is 6.72. The number of carbonyl (C=O) groups is 1. The second kappa shape index (κ2) is 9.61. The summed E-state index contributed by atoms with van der Waals surface area (Å²) in [5.41, 5.74) is 1.91. The fraction of sp³-hybridized carbons (Fsp3) is 0.353. The number of halogens is 1. The van der Waals surface area contributed by atoms with Gasteiger partial charge in [0.15, 0.2) is 0 Å². The van der Waals surface area contributed by atoms with Crippen LogP contribution in [-0.2, 0) is 6.54 Å². The first-order valence-electron chi connectivity index (χ1n) is 7.72. The van der Waals surface area contributed by atoms with E-state index in [2.05, 4.69) is 26.3 Å². The number of hydrogen-bond donors (Lipinski definition) is 2. The number of anilines is 1. The van der Waals surface area contributed by atoms with E-state index in [4.69, 9.17) is 11.6 Å². The van der Waals surface area contributed by atoms with Crippen molar-refractivity contribution >= 4 is 40.1 Å². The predicted octanol–water partition coefficient (Wildman–Crippen LogP) is 3.12. The zero-order valence-corrected chi connectivity index (χ0v) is 15.4. The van der Waals surface area contributed by atoms with Crippen molar-refractivity contribution in [1.82, 2.24) is 15.1 Å². The highest BCUT2D eigenvalue weighted by atomic mass is 35.5. The van der Waals surface area contributed by atoms with Crippen LogP contribution in [0.5, 0.6) is 0 Å². The molecule has 2 aromatic rings. The second-order valence-electron chi connectivity index (χ2n) is 5.49. The number of nitrogens with zero attached hydrogens (tertiary/aromatic N) is 2. The smallest absolute Gasteiger partial charge is 0.150 e. The Morgan fingerprint density at radius 1 is 1.38 bits per heavy atom. The molecule has 24 heavy (non-hydrogen) atoms. The molecule has 0 radical (unpaired) electrons. The average molecular weight is 367 g/mol. The minimum Gasteiger partial charge on any atom is -0.373 e. The maximum absolute atomic E-state index is 10.1. The minimum absolute atomic E-state index is 0.403. The van der Waals surface area contributed by atoms with E-state index < -0.39 is 0 Å². The highest BCUT2D eigenvalue weighted by Crippen LogP contribution is 2.19. The molecular weight excluding hydrogens is 344 g/mol. The molecule has 2 N–H and O–H groups in total. The Balaban J connectivity index is 0.000000198. The fourth-order valence-corrected chi connectivity index (χ4v) is 3.68. The van der Waals surface area contributed by atoms with E-state index in [0.717, 1.165) is 18.6 Å². The molecule has 0 unspecified atom stereocenters. The zero-order chi connectivity index (χ0) is 17.4. The number of hydrogen-bond acceptors (Lipinski definition) is 4. The third kappa shape index (κ3) is 5.78. The molecule has 0 amide bonds. The summed E-state index contributed by atoms with van der Waals surface area (Å²) in [7, 11) is 2.32. The van der Waals surface area contributed by atoms with Crippen LogP contribution in [0.15, 0.2) is 30.5 Å². The molecule has 1 aromatic carbocycles. The molecule has 1 aromatic heterocycles. The number of nitrogens with one attached hydrogen (secondary N) is 2. The van der Waals surface area contributed by atoms with Crippen molar-refractivity contribution < 1.29 is 4.79 Å². The topological polar surface area (TPSA) is 61.0 Å².